The van der Waals surface area contributed by atoms with Crippen molar-refractivity contribution in [2.24, 2.45) is 0 Å². The Bertz CT molecular complexity index is 549. The molecule has 2 aromatic heterocycles. The third kappa shape index (κ3) is 2.02. The van der Waals surface area contributed by atoms with Crippen LogP contribution in [0.5, 0.6) is 0 Å². The lowest BCUT2D eigenvalue weighted by Crippen LogP contribution is -2.37. The molecule has 0 amide bonds. The first-order chi connectivity index (χ1) is 8.78. The smallest absolute Gasteiger partial charge is 0.226 e. The standard InChI is InChI=1S/C11H14ClN5O/c1-18-7-2-4-17(5-3-7)10-8-6-13-16-9(8)14-11(12)15-10/h6-7H,2-5H2,1H3,(H,13,14,15,16). The highest BCUT2D eigenvalue weighted by molar-refractivity contribution is 6.28. The highest BCUT2D eigenvalue weighted by atomic mass is 35.5. The lowest BCUT2D eigenvalue weighted by atomic mass is 10.1. The molecule has 1 saturated heterocycles. The molecule has 1 fully saturated rings. The zero-order chi connectivity index (χ0) is 12.5. The number of anilines is 1. The molecule has 0 aromatic carbocycles. The van der Waals surface area contributed by atoms with Gasteiger partial charge in [-0.1, -0.05) is 0 Å². The molecule has 3 rings (SSSR count). The van der Waals surface area contributed by atoms with Crippen LogP contribution in [0.4, 0.5) is 5.82 Å². The summed E-state index contributed by atoms with van der Waals surface area (Å²) in [6.07, 6.45) is 4.08. The van der Waals surface area contributed by atoms with Crippen LogP contribution < -0.4 is 4.90 Å². The Kier molecular flexibility index (Phi) is 3.05. The van der Waals surface area contributed by atoms with Gasteiger partial charge in [-0.15, -0.1) is 0 Å². The first-order valence-electron chi connectivity index (χ1n) is 5.92. The quantitative estimate of drug-likeness (QED) is 0.838. The zero-order valence-corrected chi connectivity index (χ0v) is 10.8. The number of nitrogens with zero attached hydrogens (tertiary/aromatic N) is 4. The summed E-state index contributed by atoms with van der Waals surface area (Å²) in [5, 5.41) is 7.97. The van der Waals surface area contributed by atoms with Crippen LogP contribution in [0.1, 0.15) is 12.8 Å². The highest BCUT2D eigenvalue weighted by Gasteiger charge is 2.22. The van der Waals surface area contributed by atoms with Gasteiger partial charge in [-0.3, -0.25) is 5.10 Å². The van der Waals surface area contributed by atoms with Crippen molar-refractivity contribution < 1.29 is 4.74 Å². The van der Waals surface area contributed by atoms with Gasteiger partial charge < -0.3 is 9.64 Å². The number of hydrogen-bond donors (Lipinski definition) is 1. The van der Waals surface area contributed by atoms with Gasteiger partial charge in [0.05, 0.1) is 17.7 Å². The van der Waals surface area contributed by atoms with Crippen molar-refractivity contribution in [1.29, 1.82) is 0 Å². The second-order valence-electron chi connectivity index (χ2n) is 4.37. The molecule has 1 aliphatic heterocycles. The number of aromatic amines is 1. The van der Waals surface area contributed by atoms with E-state index in [9.17, 15) is 0 Å². The number of ether oxygens (including phenoxy) is 1. The van der Waals surface area contributed by atoms with Crippen LogP contribution in [-0.2, 0) is 4.74 Å². The predicted octanol–water partition coefficient (Wildman–Crippen LogP) is 1.62. The van der Waals surface area contributed by atoms with Gasteiger partial charge in [0.1, 0.15) is 5.82 Å². The number of halogens is 1. The topological polar surface area (TPSA) is 66.9 Å². The van der Waals surface area contributed by atoms with Gasteiger partial charge in [0.2, 0.25) is 5.28 Å². The van der Waals surface area contributed by atoms with E-state index in [1.807, 2.05) is 0 Å². The van der Waals surface area contributed by atoms with Crippen molar-refractivity contribution in [3.8, 4) is 0 Å². The van der Waals surface area contributed by atoms with Gasteiger partial charge in [0.15, 0.2) is 5.65 Å². The molecule has 6 nitrogen and oxygen atoms in total. The summed E-state index contributed by atoms with van der Waals surface area (Å²) in [4.78, 5) is 10.6. The third-order valence-electron chi connectivity index (χ3n) is 3.34. The molecule has 18 heavy (non-hydrogen) atoms. The number of nitrogens with one attached hydrogen (secondary N) is 1. The fourth-order valence-electron chi connectivity index (χ4n) is 2.34. The molecule has 0 aliphatic carbocycles. The van der Waals surface area contributed by atoms with Gasteiger partial charge >= 0.3 is 0 Å². The van der Waals surface area contributed by atoms with Crippen LogP contribution in [0.2, 0.25) is 5.28 Å². The molecule has 3 heterocycles. The number of hydrogen-bond acceptors (Lipinski definition) is 5. The minimum absolute atomic E-state index is 0.246. The van der Waals surface area contributed by atoms with Gasteiger partial charge in [0.25, 0.3) is 0 Å². The molecule has 1 N–H and O–H groups in total. The van der Waals surface area contributed by atoms with Crippen molar-refractivity contribution >= 4 is 28.5 Å². The minimum Gasteiger partial charge on any atom is -0.381 e. The molecule has 0 unspecified atom stereocenters. The normalized spacial score (nSPS) is 17.6. The lowest BCUT2D eigenvalue weighted by molar-refractivity contribution is 0.0818. The number of fused-ring (bicyclic) bond motifs is 1. The minimum atomic E-state index is 0.246. The summed E-state index contributed by atoms with van der Waals surface area (Å²) in [5.74, 6) is 0.855. The fourth-order valence-corrected chi connectivity index (χ4v) is 2.50. The second kappa shape index (κ2) is 4.70. The number of piperidine rings is 1. The molecule has 96 valence electrons. The summed E-state index contributed by atoms with van der Waals surface area (Å²) in [6, 6.07) is 0. The van der Waals surface area contributed by atoms with Gasteiger partial charge in [-0.25, -0.2) is 0 Å². The molecule has 0 saturated carbocycles. The van der Waals surface area contributed by atoms with Crippen molar-refractivity contribution in [2.45, 2.75) is 18.9 Å². The monoisotopic (exact) mass is 267 g/mol. The average Bonchev–Trinajstić information content (AvgIpc) is 2.86. The number of aromatic nitrogens is 4. The molecule has 0 atom stereocenters. The maximum Gasteiger partial charge on any atom is 0.226 e. The molecule has 0 spiro atoms. The van der Waals surface area contributed by atoms with E-state index in [0.717, 1.165) is 37.1 Å². The van der Waals surface area contributed by atoms with Crippen molar-refractivity contribution in [3.63, 3.8) is 0 Å². The van der Waals surface area contributed by atoms with E-state index in [2.05, 4.69) is 25.1 Å². The third-order valence-corrected chi connectivity index (χ3v) is 3.51. The largest absolute Gasteiger partial charge is 0.381 e. The Morgan fingerprint density at radius 3 is 2.89 bits per heavy atom. The lowest BCUT2D eigenvalue weighted by Gasteiger charge is -2.32. The summed E-state index contributed by atoms with van der Waals surface area (Å²) >= 11 is 5.93. The SMILES string of the molecule is COC1CCN(c2nc(Cl)nc3[nH]ncc23)CC1. The maximum atomic E-state index is 5.93. The summed E-state index contributed by atoms with van der Waals surface area (Å²) in [7, 11) is 1.76. The van der Waals surface area contributed by atoms with Crippen LogP contribution in [0.3, 0.4) is 0 Å². The van der Waals surface area contributed by atoms with Crippen molar-refractivity contribution in [3.05, 3.63) is 11.5 Å². The van der Waals surface area contributed by atoms with E-state index in [1.54, 1.807) is 13.3 Å². The molecule has 0 radical (unpaired) electrons. The molecule has 2 aromatic rings. The molecule has 0 bridgehead atoms. The number of rotatable bonds is 2. The van der Waals surface area contributed by atoms with E-state index >= 15 is 0 Å². The molecular weight excluding hydrogens is 254 g/mol. The summed E-state index contributed by atoms with van der Waals surface area (Å²) < 4.78 is 5.37. The number of H-pyrrole nitrogens is 1. The molecule has 7 heteroatoms. The van der Waals surface area contributed by atoms with Crippen LogP contribution in [-0.4, -0.2) is 46.5 Å². The Morgan fingerprint density at radius 1 is 1.39 bits per heavy atom. The predicted molar refractivity (Wildman–Crippen MR) is 68.9 cm³/mol. The van der Waals surface area contributed by atoms with Crippen molar-refractivity contribution in [2.75, 3.05) is 25.1 Å². The van der Waals surface area contributed by atoms with E-state index in [0.29, 0.717) is 11.8 Å². The zero-order valence-electron chi connectivity index (χ0n) is 10.1. The first-order valence-corrected chi connectivity index (χ1v) is 6.30. The maximum absolute atomic E-state index is 5.93. The van der Waals surface area contributed by atoms with Crippen LogP contribution in [0, 0.1) is 0 Å². The van der Waals surface area contributed by atoms with E-state index in [-0.39, 0.29) is 5.28 Å². The van der Waals surface area contributed by atoms with E-state index in [1.165, 1.54) is 0 Å². The second-order valence-corrected chi connectivity index (χ2v) is 4.71. The van der Waals surface area contributed by atoms with Crippen LogP contribution >= 0.6 is 11.6 Å². The van der Waals surface area contributed by atoms with Crippen molar-refractivity contribution in [1.82, 2.24) is 20.2 Å². The van der Waals surface area contributed by atoms with Gasteiger partial charge in [0, 0.05) is 20.2 Å². The summed E-state index contributed by atoms with van der Waals surface area (Å²) in [5.41, 5.74) is 0.680. The molecule has 1 aliphatic rings. The Hall–Kier alpha value is -1.40. The Morgan fingerprint density at radius 2 is 2.17 bits per heavy atom. The van der Waals surface area contributed by atoms with E-state index in [4.69, 9.17) is 16.3 Å². The Labute approximate surface area is 109 Å². The highest BCUT2D eigenvalue weighted by Crippen LogP contribution is 2.26. The Balaban J connectivity index is 1.92. The number of methoxy groups -OCH3 is 1. The summed E-state index contributed by atoms with van der Waals surface area (Å²) in [6.45, 7) is 1.82. The van der Waals surface area contributed by atoms with E-state index < -0.39 is 0 Å². The molecular formula is C11H14ClN5O. The van der Waals surface area contributed by atoms with Gasteiger partial charge in [-0.05, 0) is 24.4 Å². The average molecular weight is 268 g/mol. The van der Waals surface area contributed by atoms with Crippen LogP contribution in [0.15, 0.2) is 6.20 Å². The van der Waals surface area contributed by atoms with Gasteiger partial charge in [-0.2, -0.15) is 15.1 Å². The van der Waals surface area contributed by atoms with Crippen LogP contribution in [0.25, 0.3) is 11.0 Å². The first kappa shape index (κ1) is 11.7. The fraction of sp³-hybridized carbons (Fsp3) is 0.545.